The molecule has 1 aliphatic rings. The molecule has 1 fully saturated rings. The van der Waals surface area contributed by atoms with E-state index in [9.17, 15) is 9.90 Å². The first-order chi connectivity index (χ1) is 16.5. The minimum absolute atomic E-state index is 0.106. The summed E-state index contributed by atoms with van der Waals surface area (Å²) in [6.45, 7) is 4.04. The van der Waals surface area contributed by atoms with Crippen molar-refractivity contribution < 1.29 is 19.4 Å². The van der Waals surface area contributed by atoms with Gasteiger partial charge in [0.15, 0.2) is 5.78 Å². The van der Waals surface area contributed by atoms with Gasteiger partial charge in [0, 0.05) is 37.9 Å². The van der Waals surface area contributed by atoms with Crippen LogP contribution in [0.2, 0.25) is 5.02 Å². The minimum atomic E-state index is -0.377. The molecule has 180 valence electrons. The Bertz CT molecular complexity index is 1150. The molecule has 0 saturated carbocycles. The second-order valence-electron chi connectivity index (χ2n) is 8.05. The number of ether oxygens (including phenoxy) is 2. The fourth-order valence-electron chi connectivity index (χ4n) is 3.87. The number of Topliss-reactive ketones (excluding diaryl/α,β-unsaturated/α-hetero) is 1. The summed E-state index contributed by atoms with van der Waals surface area (Å²) in [4.78, 5) is 22.5. The number of methoxy groups -OCH3 is 1. The van der Waals surface area contributed by atoms with Gasteiger partial charge in [0.25, 0.3) is 0 Å². The summed E-state index contributed by atoms with van der Waals surface area (Å²) in [5.74, 6) is 0.854. The molecule has 0 spiro atoms. The van der Waals surface area contributed by atoms with Crippen LogP contribution >= 0.6 is 11.6 Å². The van der Waals surface area contributed by atoms with Crippen molar-refractivity contribution in [1.82, 2.24) is 19.9 Å². The normalized spacial score (nSPS) is 16.8. The maximum absolute atomic E-state index is 13.4. The Morgan fingerprint density at radius 1 is 1.44 bits per heavy atom. The van der Waals surface area contributed by atoms with Gasteiger partial charge < -0.3 is 25.2 Å². The number of nitrogens with zero attached hydrogens (tertiary/aromatic N) is 3. The number of morpholine rings is 1. The van der Waals surface area contributed by atoms with Crippen LogP contribution in [0.5, 0.6) is 5.75 Å². The molecule has 34 heavy (non-hydrogen) atoms. The Kier molecular flexibility index (Phi) is 7.79. The molecule has 4 rings (SSSR count). The van der Waals surface area contributed by atoms with Crippen LogP contribution in [0.25, 0.3) is 5.95 Å². The third-order valence-electron chi connectivity index (χ3n) is 5.86. The molecular formula is C24H28ClN5O4. The first-order valence-electron chi connectivity index (χ1n) is 11.1. The van der Waals surface area contributed by atoms with Gasteiger partial charge in [-0.2, -0.15) is 4.98 Å². The molecule has 10 heteroatoms. The van der Waals surface area contributed by atoms with Crippen molar-refractivity contribution in [2.24, 2.45) is 5.92 Å². The van der Waals surface area contributed by atoms with Gasteiger partial charge in [-0.1, -0.05) is 24.6 Å². The second kappa shape index (κ2) is 11.0. The van der Waals surface area contributed by atoms with E-state index in [1.54, 1.807) is 42.1 Å². The first-order valence-corrected chi connectivity index (χ1v) is 11.5. The van der Waals surface area contributed by atoms with Crippen LogP contribution in [0.4, 0.5) is 5.82 Å². The van der Waals surface area contributed by atoms with E-state index in [4.69, 9.17) is 21.1 Å². The molecule has 1 aliphatic heterocycles. The number of nitrogens with one attached hydrogen (secondary N) is 2. The first kappa shape index (κ1) is 24.2. The summed E-state index contributed by atoms with van der Waals surface area (Å²) in [5.41, 5.74) is 1.92. The number of hydrogen-bond acceptors (Lipinski definition) is 8. The van der Waals surface area contributed by atoms with Crippen molar-refractivity contribution in [1.29, 1.82) is 0 Å². The number of aromatic nitrogens is 3. The van der Waals surface area contributed by atoms with Crippen LogP contribution in [0.15, 0.2) is 42.7 Å². The zero-order valence-corrected chi connectivity index (χ0v) is 19.9. The van der Waals surface area contributed by atoms with E-state index in [0.29, 0.717) is 53.5 Å². The largest absolute Gasteiger partial charge is 0.495 e. The lowest BCUT2D eigenvalue weighted by Crippen LogP contribution is -2.44. The van der Waals surface area contributed by atoms with Gasteiger partial charge in [-0.25, -0.2) is 4.98 Å². The fraction of sp³-hybridized carbons (Fsp3) is 0.375. The minimum Gasteiger partial charge on any atom is -0.495 e. The van der Waals surface area contributed by atoms with Gasteiger partial charge in [0.05, 0.1) is 42.7 Å². The van der Waals surface area contributed by atoms with Crippen LogP contribution in [-0.4, -0.2) is 58.3 Å². The standard InChI is InChI=1S/C24H28ClN5O4/c1-15(21-13-26-7-9-34-21)22(32)18-12-28-24(30-8-3-4-17(30)14-31)29-23(18)27-11-16-5-6-20(33-2)19(25)10-16/h3-6,8,10,12,15,21,26,31H,7,9,11,13-14H2,1-2H3,(H,27,28,29). The summed E-state index contributed by atoms with van der Waals surface area (Å²) < 4.78 is 12.7. The molecule has 0 amide bonds. The smallest absolute Gasteiger partial charge is 0.235 e. The van der Waals surface area contributed by atoms with E-state index in [1.165, 1.54) is 6.20 Å². The zero-order chi connectivity index (χ0) is 24.1. The predicted molar refractivity (Wildman–Crippen MR) is 129 cm³/mol. The van der Waals surface area contributed by atoms with Crippen LogP contribution < -0.4 is 15.4 Å². The summed E-state index contributed by atoms with van der Waals surface area (Å²) in [7, 11) is 1.56. The number of benzene rings is 1. The van der Waals surface area contributed by atoms with E-state index >= 15 is 0 Å². The van der Waals surface area contributed by atoms with Gasteiger partial charge in [-0.05, 0) is 29.8 Å². The highest BCUT2D eigenvalue weighted by Crippen LogP contribution is 2.26. The molecule has 1 saturated heterocycles. The molecule has 0 radical (unpaired) electrons. The van der Waals surface area contributed by atoms with Gasteiger partial charge in [-0.3, -0.25) is 9.36 Å². The molecule has 3 heterocycles. The lowest BCUT2D eigenvalue weighted by molar-refractivity contribution is -0.000132. The maximum Gasteiger partial charge on any atom is 0.235 e. The number of carbonyl (C=O) groups excluding carboxylic acids is 1. The predicted octanol–water partition coefficient (Wildman–Crippen LogP) is 2.84. The van der Waals surface area contributed by atoms with E-state index in [0.717, 1.165) is 12.1 Å². The second-order valence-corrected chi connectivity index (χ2v) is 8.46. The van der Waals surface area contributed by atoms with Crippen LogP contribution in [-0.2, 0) is 17.9 Å². The zero-order valence-electron chi connectivity index (χ0n) is 19.1. The molecule has 2 aromatic heterocycles. The summed E-state index contributed by atoms with van der Waals surface area (Å²) in [5, 5.41) is 16.7. The number of carbonyl (C=O) groups is 1. The van der Waals surface area contributed by atoms with Crippen molar-refractivity contribution in [3.8, 4) is 11.7 Å². The summed E-state index contributed by atoms with van der Waals surface area (Å²) >= 11 is 6.27. The lowest BCUT2D eigenvalue weighted by atomic mass is 9.94. The van der Waals surface area contributed by atoms with Crippen LogP contribution in [0, 0.1) is 5.92 Å². The molecule has 9 nitrogen and oxygen atoms in total. The molecule has 0 aliphatic carbocycles. The molecular weight excluding hydrogens is 458 g/mol. The number of aliphatic hydroxyl groups is 1. The number of aliphatic hydroxyl groups excluding tert-OH is 1. The molecule has 2 unspecified atom stereocenters. The summed E-state index contributed by atoms with van der Waals surface area (Å²) in [6, 6.07) is 9.07. The number of ketones is 1. The monoisotopic (exact) mass is 485 g/mol. The van der Waals surface area contributed by atoms with Gasteiger partial charge in [0.2, 0.25) is 5.95 Å². The van der Waals surface area contributed by atoms with Crippen molar-refractivity contribution in [2.45, 2.75) is 26.2 Å². The average molecular weight is 486 g/mol. The number of halogens is 1. The SMILES string of the molecule is COc1ccc(CNc2nc(-n3cccc3CO)ncc2C(=O)C(C)C2CNCCO2)cc1Cl. The third-order valence-corrected chi connectivity index (χ3v) is 6.15. The van der Waals surface area contributed by atoms with Crippen molar-refractivity contribution >= 4 is 23.2 Å². The van der Waals surface area contributed by atoms with Crippen LogP contribution in [0.3, 0.4) is 0 Å². The van der Waals surface area contributed by atoms with Crippen molar-refractivity contribution in [3.63, 3.8) is 0 Å². The number of hydrogen-bond donors (Lipinski definition) is 3. The number of anilines is 1. The lowest BCUT2D eigenvalue weighted by Gasteiger charge is -2.28. The van der Waals surface area contributed by atoms with Gasteiger partial charge in [-0.15, -0.1) is 0 Å². The van der Waals surface area contributed by atoms with Gasteiger partial charge in [0.1, 0.15) is 11.6 Å². The maximum atomic E-state index is 13.4. The molecule has 2 atom stereocenters. The fourth-order valence-corrected chi connectivity index (χ4v) is 4.15. The van der Waals surface area contributed by atoms with E-state index in [1.807, 2.05) is 13.0 Å². The highest BCUT2D eigenvalue weighted by atomic mass is 35.5. The quantitative estimate of drug-likeness (QED) is 0.397. The third kappa shape index (κ3) is 5.23. The highest BCUT2D eigenvalue weighted by molar-refractivity contribution is 6.32. The Morgan fingerprint density at radius 3 is 3.00 bits per heavy atom. The molecule has 3 aromatic rings. The van der Waals surface area contributed by atoms with Gasteiger partial charge >= 0.3 is 0 Å². The van der Waals surface area contributed by atoms with Crippen LogP contribution in [0.1, 0.15) is 28.5 Å². The highest BCUT2D eigenvalue weighted by Gasteiger charge is 2.29. The van der Waals surface area contributed by atoms with E-state index < -0.39 is 0 Å². The topological polar surface area (TPSA) is 111 Å². The molecule has 0 bridgehead atoms. The Morgan fingerprint density at radius 2 is 2.29 bits per heavy atom. The Labute approximate surface area is 203 Å². The summed E-state index contributed by atoms with van der Waals surface area (Å²) in [6.07, 6.45) is 3.07. The van der Waals surface area contributed by atoms with E-state index in [-0.39, 0.29) is 24.4 Å². The number of rotatable bonds is 9. The van der Waals surface area contributed by atoms with Crippen molar-refractivity contribution in [2.75, 3.05) is 32.1 Å². The molecule has 3 N–H and O–H groups in total. The molecule has 1 aromatic carbocycles. The Balaban J connectivity index is 1.64. The van der Waals surface area contributed by atoms with E-state index in [2.05, 4.69) is 20.6 Å². The Hall–Kier alpha value is -2.98. The average Bonchev–Trinajstić information content (AvgIpc) is 3.36. The van der Waals surface area contributed by atoms with Crippen molar-refractivity contribution in [3.05, 3.63) is 64.6 Å².